The van der Waals surface area contributed by atoms with Crippen molar-refractivity contribution in [3.05, 3.63) is 108 Å². The van der Waals surface area contributed by atoms with Crippen LogP contribution in [0.2, 0.25) is 0 Å². The van der Waals surface area contributed by atoms with Crippen molar-refractivity contribution >= 4 is 5.97 Å². The minimum absolute atomic E-state index is 0.00741. The summed E-state index contributed by atoms with van der Waals surface area (Å²) in [6, 6.07) is 29.5. The molecule has 4 aliphatic heterocycles. The van der Waals surface area contributed by atoms with E-state index < -0.39 is 79.0 Å². The SMILES string of the molecule is CC(=O)O[C@@H]1[C@@H](OC[C@H]2O[C@@H]3OC(C)(C)O[C@@H]3[C@H]3OC(C)(C)O[C@H]32)OC[C@@H](OCc2ccccc2)[C@H](OCc2ccccc2)[C@H]1OCc1ccccc1. The van der Waals surface area contributed by atoms with Crippen molar-refractivity contribution in [1.82, 2.24) is 0 Å². The van der Waals surface area contributed by atoms with Crippen LogP contribution in [0.3, 0.4) is 0 Å². The molecule has 0 aliphatic carbocycles. The van der Waals surface area contributed by atoms with Crippen molar-refractivity contribution in [3.8, 4) is 0 Å². The highest BCUT2D eigenvalue weighted by molar-refractivity contribution is 5.66. The molecule has 0 radical (unpaired) electrons. The van der Waals surface area contributed by atoms with Gasteiger partial charge < -0.3 is 52.1 Å². The summed E-state index contributed by atoms with van der Waals surface area (Å²) in [6.07, 6.45) is -7.24. The summed E-state index contributed by atoms with van der Waals surface area (Å²) >= 11 is 0. The summed E-state index contributed by atoms with van der Waals surface area (Å²) in [7, 11) is 0. The predicted molar refractivity (Wildman–Crippen MR) is 189 cm³/mol. The highest BCUT2D eigenvalue weighted by Crippen LogP contribution is 2.44. The van der Waals surface area contributed by atoms with Gasteiger partial charge in [-0.2, -0.15) is 0 Å². The molecule has 0 unspecified atom stereocenters. The molecule has 0 spiro atoms. The average molecular weight is 735 g/mol. The molecule has 12 nitrogen and oxygen atoms in total. The molecule has 12 heteroatoms. The van der Waals surface area contributed by atoms with Crippen LogP contribution in [0.5, 0.6) is 0 Å². The first kappa shape index (κ1) is 38.0. The molecule has 53 heavy (non-hydrogen) atoms. The molecule has 3 aromatic rings. The number of hydrogen-bond donors (Lipinski definition) is 0. The number of benzene rings is 3. The average Bonchev–Trinajstić information content (AvgIpc) is 3.60. The second kappa shape index (κ2) is 16.6. The molecular formula is C41H50O12. The third-order valence-corrected chi connectivity index (χ3v) is 9.56. The summed E-state index contributed by atoms with van der Waals surface area (Å²) in [6.45, 7) is 9.52. The van der Waals surface area contributed by atoms with Crippen LogP contribution in [-0.2, 0) is 76.7 Å². The Balaban J connectivity index is 1.17. The van der Waals surface area contributed by atoms with Crippen LogP contribution in [0.25, 0.3) is 0 Å². The quantitative estimate of drug-likeness (QED) is 0.208. The van der Waals surface area contributed by atoms with Gasteiger partial charge in [-0.25, -0.2) is 0 Å². The maximum atomic E-state index is 12.8. The number of carbonyl (C=O) groups is 1. The smallest absolute Gasteiger partial charge is 0.303 e. The Labute approximate surface area is 310 Å². The Bertz CT molecular complexity index is 1600. The molecule has 4 fully saturated rings. The van der Waals surface area contributed by atoms with Crippen LogP contribution in [0.4, 0.5) is 0 Å². The zero-order chi connectivity index (χ0) is 37.0. The van der Waals surface area contributed by atoms with Crippen molar-refractivity contribution in [3.63, 3.8) is 0 Å². The molecule has 0 N–H and O–H groups in total. The van der Waals surface area contributed by atoms with Gasteiger partial charge in [0.1, 0.15) is 42.7 Å². The highest BCUT2D eigenvalue weighted by atomic mass is 16.9. The van der Waals surface area contributed by atoms with Crippen molar-refractivity contribution in [2.45, 2.75) is 127 Å². The second-order valence-electron chi connectivity index (χ2n) is 14.7. The third kappa shape index (κ3) is 9.52. The zero-order valence-corrected chi connectivity index (χ0v) is 30.9. The molecule has 0 saturated carbocycles. The summed E-state index contributed by atoms with van der Waals surface area (Å²) in [5.74, 6) is -2.29. The normalized spacial score (nSPS) is 33.1. The van der Waals surface area contributed by atoms with E-state index in [-0.39, 0.29) is 26.4 Å². The molecular weight excluding hydrogens is 684 g/mol. The Morgan fingerprint density at radius 1 is 0.623 bits per heavy atom. The molecule has 0 bridgehead atoms. The number of carbonyl (C=O) groups excluding carboxylic acids is 1. The van der Waals surface area contributed by atoms with E-state index in [4.69, 9.17) is 52.1 Å². The van der Waals surface area contributed by atoms with E-state index in [1.54, 1.807) is 0 Å². The molecule has 0 aromatic heterocycles. The van der Waals surface area contributed by atoms with E-state index >= 15 is 0 Å². The van der Waals surface area contributed by atoms with Gasteiger partial charge >= 0.3 is 5.97 Å². The highest BCUT2D eigenvalue weighted by Gasteiger charge is 2.61. The number of hydrogen-bond acceptors (Lipinski definition) is 12. The topological polar surface area (TPSA) is 119 Å². The van der Waals surface area contributed by atoms with Crippen LogP contribution in [-0.4, -0.2) is 92.2 Å². The Morgan fingerprint density at radius 3 is 1.72 bits per heavy atom. The Hall–Kier alpha value is -3.27. The van der Waals surface area contributed by atoms with E-state index in [0.29, 0.717) is 6.61 Å². The van der Waals surface area contributed by atoms with Crippen molar-refractivity contribution in [2.24, 2.45) is 0 Å². The van der Waals surface area contributed by atoms with Gasteiger partial charge in [0.2, 0.25) is 0 Å². The van der Waals surface area contributed by atoms with E-state index in [1.807, 2.05) is 119 Å². The summed E-state index contributed by atoms with van der Waals surface area (Å²) in [5, 5.41) is 0. The first-order valence-corrected chi connectivity index (χ1v) is 18.3. The predicted octanol–water partition coefficient (Wildman–Crippen LogP) is 5.44. The third-order valence-electron chi connectivity index (χ3n) is 9.56. The van der Waals surface area contributed by atoms with Crippen LogP contribution in [0.15, 0.2) is 91.0 Å². The van der Waals surface area contributed by atoms with Gasteiger partial charge in [-0.3, -0.25) is 4.79 Å². The van der Waals surface area contributed by atoms with Gasteiger partial charge in [0.25, 0.3) is 0 Å². The monoisotopic (exact) mass is 734 g/mol. The number of rotatable bonds is 13. The van der Waals surface area contributed by atoms with Gasteiger partial charge in [-0.1, -0.05) is 91.0 Å². The minimum atomic E-state index is -1.10. The number of fused-ring (bicyclic) bond motifs is 3. The second-order valence-corrected chi connectivity index (χ2v) is 14.7. The molecule has 0 amide bonds. The molecule has 4 aliphatic rings. The first-order valence-electron chi connectivity index (χ1n) is 18.3. The molecule has 10 atom stereocenters. The van der Waals surface area contributed by atoms with Crippen LogP contribution >= 0.6 is 0 Å². The maximum Gasteiger partial charge on any atom is 0.303 e. The lowest BCUT2D eigenvalue weighted by Gasteiger charge is -2.38. The molecule has 3 aromatic carbocycles. The van der Waals surface area contributed by atoms with Gasteiger partial charge in [-0.05, 0) is 44.4 Å². The number of ether oxygens (including phenoxy) is 11. The zero-order valence-electron chi connectivity index (χ0n) is 30.9. The number of esters is 1. The van der Waals surface area contributed by atoms with E-state index in [1.165, 1.54) is 6.92 Å². The standard InChI is InChI=1S/C41H50O12/c1-26(42)48-36-34(45-23-29-19-13-8-14-20-29)32(44-22-28-17-11-7-12-18-28)30(43-21-27-15-9-6-10-16-27)24-46-38(36)47-25-31-33-35(51-40(2,3)50-33)37-39(49-31)53-41(4,5)52-37/h6-20,30-39H,21-25H2,1-5H3/t30-,31-,32+,33+,34-,35+,36+,37-,38-,39-/m1/s1. The van der Waals surface area contributed by atoms with E-state index in [2.05, 4.69) is 0 Å². The fraction of sp³-hybridized carbons (Fsp3) is 0.537. The van der Waals surface area contributed by atoms with Crippen molar-refractivity contribution < 1.29 is 56.9 Å². The van der Waals surface area contributed by atoms with Gasteiger partial charge in [0.05, 0.1) is 33.0 Å². The van der Waals surface area contributed by atoms with Gasteiger partial charge in [-0.15, -0.1) is 0 Å². The van der Waals surface area contributed by atoms with Crippen molar-refractivity contribution in [1.29, 1.82) is 0 Å². The largest absolute Gasteiger partial charge is 0.454 e. The lowest BCUT2D eigenvalue weighted by atomic mass is 9.99. The van der Waals surface area contributed by atoms with Crippen molar-refractivity contribution in [2.75, 3.05) is 13.2 Å². The van der Waals surface area contributed by atoms with Gasteiger partial charge in [0, 0.05) is 6.92 Å². The van der Waals surface area contributed by atoms with Crippen LogP contribution in [0.1, 0.15) is 51.3 Å². The minimum Gasteiger partial charge on any atom is -0.454 e. The molecule has 4 heterocycles. The summed E-state index contributed by atoms with van der Waals surface area (Å²) < 4.78 is 70.3. The first-order chi connectivity index (χ1) is 25.5. The Morgan fingerprint density at radius 2 is 1.13 bits per heavy atom. The fourth-order valence-electron chi connectivity index (χ4n) is 7.25. The lowest BCUT2D eigenvalue weighted by Crippen LogP contribution is -2.57. The maximum absolute atomic E-state index is 12.8. The van der Waals surface area contributed by atoms with E-state index in [0.717, 1.165) is 16.7 Å². The summed E-state index contributed by atoms with van der Waals surface area (Å²) in [5.41, 5.74) is 2.87. The molecule has 4 saturated heterocycles. The molecule has 286 valence electrons. The lowest BCUT2D eigenvalue weighted by molar-refractivity contribution is -0.272. The summed E-state index contributed by atoms with van der Waals surface area (Å²) in [4.78, 5) is 12.8. The van der Waals surface area contributed by atoms with Crippen LogP contribution in [0, 0.1) is 0 Å². The van der Waals surface area contributed by atoms with E-state index in [9.17, 15) is 4.79 Å². The molecule has 7 rings (SSSR count). The fourth-order valence-corrected chi connectivity index (χ4v) is 7.25. The Kier molecular flexibility index (Phi) is 11.9. The van der Waals surface area contributed by atoms with Gasteiger partial charge in [0.15, 0.2) is 30.3 Å². The van der Waals surface area contributed by atoms with Crippen LogP contribution < -0.4 is 0 Å².